The maximum absolute atomic E-state index is 12.9. The van der Waals surface area contributed by atoms with Crippen LogP contribution in [0.1, 0.15) is 18.4 Å². The van der Waals surface area contributed by atoms with Gasteiger partial charge in [0.1, 0.15) is 11.6 Å². The van der Waals surface area contributed by atoms with Crippen LogP contribution in [0, 0.1) is 0 Å². The van der Waals surface area contributed by atoms with Crippen molar-refractivity contribution in [1.82, 2.24) is 24.7 Å². The minimum absolute atomic E-state index is 0.0974. The SMILES string of the molecule is CCOc1ccc(-n2c(Cc3cc(=O)[nH]c(=O)[nH]3)nnc2SCC(=O)Nc2cccc3ccccc23)cc1. The van der Waals surface area contributed by atoms with Crippen molar-refractivity contribution < 1.29 is 9.53 Å². The molecule has 0 atom stereocenters. The number of nitrogens with one attached hydrogen (secondary N) is 3. The molecule has 1 amide bonds. The average Bonchev–Trinajstić information content (AvgIpc) is 3.30. The van der Waals surface area contributed by atoms with Crippen LogP contribution in [0.25, 0.3) is 16.5 Å². The Morgan fingerprint density at radius 2 is 1.79 bits per heavy atom. The number of aromatic amines is 2. The zero-order valence-corrected chi connectivity index (χ0v) is 21.2. The third kappa shape index (κ3) is 5.68. The number of ether oxygens (including phenoxy) is 1. The number of benzene rings is 3. The molecule has 0 radical (unpaired) electrons. The Labute approximate surface area is 221 Å². The number of carbonyl (C=O) groups is 1. The van der Waals surface area contributed by atoms with Gasteiger partial charge in [0, 0.05) is 34.9 Å². The van der Waals surface area contributed by atoms with Crippen molar-refractivity contribution in [3.63, 3.8) is 0 Å². The van der Waals surface area contributed by atoms with E-state index in [1.165, 1.54) is 17.8 Å². The highest BCUT2D eigenvalue weighted by molar-refractivity contribution is 7.99. The van der Waals surface area contributed by atoms with Gasteiger partial charge in [0.15, 0.2) is 5.16 Å². The molecule has 0 aliphatic rings. The summed E-state index contributed by atoms with van der Waals surface area (Å²) < 4.78 is 7.35. The molecule has 38 heavy (non-hydrogen) atoms. The molecule has 0 spiro atoms. The van der Waals surface area contributed by atoms with Gasteiger partial charge in [0.05, 0.1) is 12.4 Å². The molecule has 0 aliphatic heterocycles. The number of rotatable bonds is 9. The summed E-state index contributed by atoms with van der Waals surface area (Å²) in [5.74, 6) is 1.12. The summed E-state index contributed by atoms with van der Waals surface area (Å²) in [4.78, 5) is 41.2. The first-order chi connectivity index (χ1) is 18.5. The molecular formula is C27H24N6O4S. The molecule has 0 saturated heterocycles. The molecule has 5 aromatic rings. The molecule has 192 valence electrons. The normalized spacial score (nSPS) is 11.0. The van der Waals surface area contributed by atoms with Crippen molar-refractivity contribution in [2.45, 2.75) is 18.5 Å². The number of amides is 1. The Bertz CT molecular complexity index is 1670. The zero-order valence-electron chi connectivity index (χ0n) is 20.4. The second kappa shape index (κ2) is 11.2. The Morgan fingerprint density at radius 3 is 2.58 bits per heavy atom. The Kier molecular flexibility index (Phi) is 7.36. The Hall–Kier alpha value is -4.64. The highest BCUT2D eigenvalue weighted by Gasteiger charge is 2.17. The number of anilines is 1. The summed E-state index contributed by atoms with van der Waals surface area (Å²) in [6, 6.07) is 22.3. The number of H-pyrrole nitrogens is 2. The van der Waals surface area contributed by atoms with Crippen molar-refractivity contribution in [2.24, 2.45) is 0 Å². The van der Waals surface area contributed by atoms with Crippen LogP contribution in [0.3, 0.4) is 0 Å². The highest BCUT2D eigenvalue weighted by atomic mass is 32.2. The Balaban J connectivity index is 1.40. The molecule has 2 heterocycles. The molecule has 0 bridgehead atoms. The van der Waals surface area contributed by atoms with Crippen molar-refractivity contribution in [2.75, 3.05) is 17.7 Å². The Morgan fingerprint density at radius 1 is 1.00 bits per heavy atom. The van der Waals surface area contributed by atoms with Crippen LogP contribution in [0.15, 0.2) is 87.5 Å². The lowest BCUT2D eigenvalue weighted by molar-refractivity contribution is -0.113. The van der Waals surface area contributed by atoms with Crippen molar-refractivity contribution in [3.05, 3.63) is 105 Å². The second-order valence-corrected chi connectivity index (χ2v) is 9.26. The summed E-state index contributed by atoms with van der Waals surface area (Å²) in [6.45, 7) is 2.45. The molecule has 0 aliphatic carbocycles. The lowest BCUT2D eigenvalue weighted by Crippen LogP contribution is -2.23. The molecule has 0 fully saturated rings. The summed E-state index contributed by atoms with van der Waals surface area (Å²) in [5.41, 5.74) is 0.775. The third-order valence-corrected chi connectivity index (χ3v) is 6.60. The van der Waals surface area contributed by atoms with E-state index in [4.69, 9.17) is 4.74 Å². The fourth-order valence-electron chi connectivity index (χ4n) is 4.06. The first kappa shape index (κ1) is 25.0. The van der Waals surface area contributed by atoms with Gasteiger partial charge in [0.2, 0.25) is 5.91 Å². The van der Waals surface area contributed by atoms with Gasteiger partial charge in [-0.25, -0.2) is 4.79 Å². The lowest BCUT2D eigenvalue weighted by Gasteiger charge is -2.12. The van der Waals surface area contributed by atoms with E-state index in [0.717, 1.165) is 22.1 Å². The predicted octanol–water partition coefficient (Wildman–Crippen LogP) is 3.52. The third-order valence-electron chi connectivity index (χ3n) is 5.67. The molecule has 0 saturated carbocycles. The van der Waals surface area contributed by atoms with Gasteiger partial charge in [-0.3, -0.25) is 19.1 Å². The van der Waals surface area contributed by atoms with Crippen molar-refractivity contribution >= 4 is 34.1 Å². The van der Waals surface area contributed by atoms with Crippen molar-refractivity contribution in [3.8, 4) is 11.4 Å². The minimum atomic E-state index is -0.598. The monoisotopic (exact) mass is 528 g/mol. The lowest BCUT2D eigenvalue weighted by atomic mass is 10.1. The fourth-order valence-corrected chi connectivity index (χ4v) is 4.83. The highest BCUT2D eigenvalue weighted by Crippen LogP contribution is 2.26. The van der Waals surface area contributed by atoms with E-state index in [2.05, 4.69) is 25.5 Å². The maximum Gasteiger partial charge on any atom is 0.325 e. The second-order valence-electron chi connectivity index (χ2n) is 8.31. The van der Waals surface area contributed by atoms with Crippen molar-refractivity contribution in [1.29, 1.82) is 0 Å². The van der Waals surface area contributed by atoms with Crippen LogP contribution in [0.2, 0.25) is 0 Å². The summed E-state index contributed by atoms with van der Waals surface area (Å²) in [7, 11) is 0. The standard InChI is InChI=1S/C27H24N6O4S/c1-2-37-20-12-10-19(11-13-20)33-23(14-18-15-24(34)30-26(36)28-18)31-32-27(33)38-16-25(35)29-22-9-5-7-17-6-3-4-8-21(17)22/h3-13,15H,2,14,16H2,1H3,(H,29,35)(H2,28,30,34,36). The molecule has 11 heteroatoms. The molecule has 5 rings (SSSR count). The average molecular weight is 529 g/mol. The minimum Gasteiger partial charge on any atom is -0.494 e. The van der Waals surface area contributed by atoms with Gasteiger partial charge < -0.3 is 15.0 Å². The number of fused-ring (bicyclic) bond motifs is 1. The van der Waals surface area contributed by atoms with Crippen LogP contribution >= 0.6 is 11.8 Å². The molecule has 3 aromatic carbocycles. The summed E-state index contributed by atoms with van der Waals surface area (Å²) in [6.07, 6.45) is 0.155. The first-order valence-electron chi connectivity index (χ1n) is 11.9. The van der Waals surface area contributed by atoms with E-state index < -0.39 is 11.2 Å². The first-order valence-corrected chi connectivity index (χ1v) is 12.9. The number of hydrogen-bond acceptors (Lipinski definition) is 7. The van der Waals surface area contributed by atoms with Crippen LogP contribution in [0.5, 0.6) is 5.75 Å². The smallest absolute Gasteiger partial charge is 0.325 e. The molecular weight excluding hydrogens is 504 g/mol. The quantitative estimate of drug-likeness (QED) is 0.249. The number of aromatic nitrogens is 5. The topological polar surface area (TPSA) is 135 Å². The van der Waals surface area contributed by atoms with E-state index in [0.29, 0.717) is 29.0 Å². The predicted molar refractivity (Wildman–Crippen MR) is 146 cm³/mol. The number of hydrogen-bond donors (Lipinski definition) is 3. The zero-order chi connectivity index (χ0) is 26.5. The van der Waals surface area contributed by atoms with E-state index in [1.807, 2.05) is 73.7 Å². The largest absolute Gasteiger partial charge is 0.494 e. The maximum atomic E-state index is 12.9. The van der Waals surface area contributed by atoms with Crippen LogP contribution < -0.4 is 21.3 Å². The van der Waals surface area contributed by atoms with Gasteiger partial charge in [-0.05, 0) is 42.6 Å². The van der Waals surface area contributed by atoms with Crippen LogP contribution in [-0.4, -0.2) is 43.0 Å². The number of carbonyl (C=O) groups excluding carboxylic acids is 1. The van der Waals surface area contributed by atoms with E-state index in [-0.39, 0.29) is 18.1 Å². The number of nitrogens with zero attached hydrogens (tertiary/aromatic N) is 3. The summed E-state index contributed by atoms with van der Waals surface area (Å²) in [5, 5.41) is 14.1. The van der Waals surface area contributed by atoms with Gasteiger partial charge in [0.25, 0.3) is 5.56 Å². The van der Waals surface area contributed by atoms with Gasteiger partial charge in [-0.1, -0.05) is 48.2 Å². The van der Waals surface area contributed by atoms with Gasteiger partial charge in [-0.15, -0.1) is 10.2 Å². The number of thioether (sulfide) groups is 1. The van der Waals surface area contributed by atoms with E-state index >= 15 is 0 Å². The van der Waals surface area contributed by atoms with E-state index in [9.17, 15) is 14.4 Å². The van der Waals surface area contributed by atoms with Crippen LogP contribution in [-0.2, 0) is 11.2 Å². The summed E-state index contributed by atoms with van der Waals surface area (Å²) >= 11 is 1.23. The fraction of sp³-hybridized carbons (Fsp3) is 0.148. The van der Waals surface area contributed by atoms with Gasteiger partial charge in [-0.2, -0.15) is 0 Å². The van der Waals surface area contributed by atoms with Crippen LogP contribution in [0.4, 0.5) is 5.69 Å². The molecule has 2 aromatic heterocycles. The molecule has 3 N–H and O–H groups in total. The molecule has 10 nitrogen and oxygen atoms in total. The molecule has 0 unspecified atom stereocenters. The van der Waals surface area contributed by atoms with Gasteiger partial charge >= 0.3 is 5.69 Å². The van der Waals surface area contributed by atoms with E-state index in [1.54, 1.807) is 4.57 Å².